The second-order valence-corrected chi connectivity index (χ2v) is 5.40. The summed E-state index contributed by atoms with van der Waals surface area (Å²) in [6, 6.07) is 8.95. The zero-order chi connectivity index (χ0) is 15.5. The molecule has 3 heteroatoms. The molecule has 1 rings (SSSR count). The smallest absolute Gasteiger partial charge is 0.0366 e. The fourth-order valence-corrected chi connectivity index (χ4v) is 2.61. The van der Waals surface area contributed by atoms with Crippen LogP contribution >= 0.6 is 0 Å². The molecule has 0 bridgehead atoms. The largest absolute Gasteiger partial charge is 0.372 e. The van der Waals surface area contributed by atoms with E-state index in [0.717, 1.165) is 39.3 Å². The summed E-state index contributed by atoms with van der Waals surface area (Å²) >= 11 is 0. The maximum absolute atomic E-state index is 3.54. The van der Waals surface area contributed by atoms with Gasteiger partial charge in [0.1, 0.15) is 0 Å². The Morgan fingerprint density at radius 2 is 1.48 bits per heavy atom. The van der Waals surface area contributed by atoms with Gasteiger partial charge in [-0.15, -0.1) is 0 Å². The lowest BCUT2D eigenvalue weighted by Crippen LogP contribution is -2.27. The first-order chi connectivity index (χ1) is 10.2. The zero-order valence-corrected chi connectivity index (χ0v) is 14.4. The van der Waals surface area contributed by atoms with E-state index in [9.17, 15) is 0 Å². The molecule has 0 unspecified atom stereocenters. The lowest BCUT2D eigenvalue weighted by molar-refractivity contribution is 0.298. The number of benzene rings is 1. The summed E-state index contributed by atoms with van der Waals surface area (Å²) < 4.78 is 0. The topological polar surface area (TPSA) is 18.5 Å². The van der Waals surface area contributed by atoms with Crippen molar-refractivity contribution in [1.82, 2.24) is 10.2 Å². The van der Waals surface area contributed by atoms with Crippen molar-refractivity contribution in [2.75, 3.05) is 44.2 Å². The summed E-state index contributed by atoms with van der Waals surface area (Å²) in [6.07, 6.45) is 1.22. The Labute approximate surface area is 131 Å². The van der Waals surface area contributed by atoms with E-state index in [0.29, 0.717) is 0 Å². The van der Waals surface area contributed by atoms with Crippen molar-refractivity contribution in [2.24, 2.45) is 0 Å². The third-order valence-corrected chi connectivity index (χ3v) is 4.12. The lowest BCUT2D eigenvalue weighted by Gasteiger charge is -2.21. The van der Waals surface area contributed by atoms with Crippen molar-refractivity contribution in [2.45, 2.75) is 40.7 Å². The molecule has 120 valence electrons. The van der Waals surface area contributed by atoms with E-state index >= 15 is 0 Å². The van der Waals surface area contributed by atoms with Crippen LogP contribution < -0.4 is 10.2 Å². The van der Waals surface area contributed by atoms with Crippen LogP contribution in [0.25, 0.3) is 0 Å². The number of rotatable bonds is 11. The zero-order valence-electron chi connectivity index (χ0n) is 14.4. The van der Waals surface area contributed by atoms with Gasteiger partial charge in [-0.25, -0.2) is 0 Å². The molecule has 0 amide bonds. The van der Waals surface area contributed by atoms with Crippen LogP contribution in [0.3, 0.4) is 0 Å². The fourth-order valence-electron chi connectivity index (χ4n) is 2.61. The van der Waals surface area contributed by atoms with Gasteiger partial charge in [-0.2, -0.15) is 0 Å². The summed E-state index contributed by atoms with van der Waals surface area (Å²) in [6.45, 7) is 16.6. The van der Waals surface area contributed by atoms with E-state index in [4.69, 9.17) is 0 Å². The molecule has 0 atom stereocenters. The summed E-state index contributed by atoms with van der Waals surface area (Å²) in [7, 11) is 0. The highest BCUT2D eigenvalue weighted by atomic mass is 15.1. The predicted molar refractivity (Wildman–Crippen MR) is 94.1 cm³/mol. The first-order valence-electron chi connectivity index (χ1n) is 8.52. The van der Waals surface area contributed by atoms with E-state index in [1.54, 1.807) is 0 Å². The Kier molecular flexibility index (Phi) is 9.11. The van der Waals surface area contributed by atoms with Gasteiger partial charge in [0.2, 0.25) is 0 Å². The fraction of sp³-hybridized carbons (Fsp3) is 0.667. The minimum atomic E-state index is 0.969. The highest BCUT2D eigenvalue weighted by Crippen LogP contribution is 2.14. The molecule has 0 aromatic heterocycles. The predicted octanol–water partition coefficient (Wildman–Crippen LogP) is 3.35. The summed E-state index contributed by atoms with van der Waals surface area (Å²) in [4.78, 5) is 4.85. The van der Waals surface area contributed by atoms with Crippen LogP contribution in [-0.2, 0) is 6.54 Å². The van der Waals surface area contributed by atoms with E-state index < -0.39 is 0 Å². The maximum Gasteiger partial charge on any atom is 0.0366 e. The van der Waals surface area contributed by atoms with Crippen molar-refractivity contribution in [3.8, 4) is 0 Å². The molecular weight excluding hydrogens is 258 g/mol. The molecule has 0 heterocycles. The van der Waals surface area contributed by atoms with Crippen molar-refractivity contribution < 1.29 is 0 Å². The number of hydrogen-bond donors (Lipinski definition) is 1. The summed E-state index contributed by atoms with van der Waals surface area (Å²) in [5.41, 5.74) is 2.69. The van der Waals surface area contributed by atoms with Gasteiger partial charge in [-0.1, -0.05) is 26.0 Å². The molecule has 0 fully saturated rings. The van der Waals surface area contributed by atoms with E-state index in [-0.39, 0.29) is 0 Å². The van der Waals surface area contributed by atoms with Gasteiger partial charge in [-0.05, 0) is 64.1 Å². The van der Waals surface area contributed by atoms with Crippen molar-refractivity contribution in [1.29, 1.82) is 0 Å². The van der Waals surface area contributed by atoms with E-state index in [1.165, 1.54) is 24.2 Å². The molecule has 0 saturated heterocycles. The Morgan fingerprint density at radius 1 is 0.857 bits per heavy atom. The minimum Gasteiger partial charge on any atom is -0.372 e. The van der Waals surface area contributed by atoms with Crippen molar-refractivity contribution >= 4 is 5.69 Å². The van der Waals surface area contributed by atoms with Crippen LogP contribution in [-0.4, -0.2) is 44.2 Å². The summed E-state index contributed by atoms with van der Waals surface area (Å²) in [5.74, 6) is 0. The first kappa shape index (κ1) is 18.0. The van der Waals surface area contributed by atoms with Crippen LogP contribution in [0, 0.1) is 0 Å². The second kappa shape index (κ2) is 10.6. The van der Waals surface area contributed by atoms with Gasteiger partial charge in [0, 0.05) is 25.3 Å². The Morgan fingerprint density at radius 3 is 2.00 bits per heavy atom. The normalized spacial score (nSPS) is 11.1. The Bertz CT molecular complexity index is 353. The van der Waals surface area contributed by atoms with Gasteiger partial charge in [0.05, 0.1) is 0 Å². The van der Waals surface area contributed by atoms with Gasteiger partial charge < -0.3 is 15.1 Å². The molecule has 0 spiro atoms. The molecule has 3 nitrogen and oxygen atoms in total. The minimum absolute atomic E-state index is 0.969. The van der Waals surface area contributed by atoms with Crippen LogP contribution in [0.2, 0.25) is 0 Å². The molecule has 0 aliphatic heterocycles. The van der Waals surface area contributed by atoms with Crippen LogP contribution in [0.1, 0.15) is 39.7 Å². The molecular formula is C18H33N3. The third kappa shape index (κ3) is 6.49. The highest BCUT2D eigenvalue weighted by molar-refractivity contribution is 5.47. The maximum atomic E-state index is 3.54. The molecule has 0 aliphatic rings. The summed E-state index contributed by atoms with van der Waals surface area (Å²) in [5, 5.41) is 3.54. The molecule has 1 aromatic carbocycles. The average molecular weight is 291 g/mol. The molecule has 1 N–H and O–H groups in total. The first-order valence-corrected chi connectivity index (χ1v) is 8.52. The molecule has 0 radical (unpaired) electrons. The number of nitrogens with one attached hydrogen (secondary N) is 1. The van der Waals surface area contributed by atoms with Crippen LogP contribution in [0.5, 0.6) is 0 Å². The monoisotopic (exact) mass is 291 g/mol. The third-order valence-electron chi connectivity index (χ3n) is 4.12. The molecule has 0 saturated carbocycles. The van der Waals surface area contributed by atoms with Crippen LogP contribution in [0.4, 0.5) is 5.69 Å². The molecule has 21 heavy (non-hydrogen) atoms. The van der Waals surface area contributed by atoms with Gasteiger partial charge >= 0.3 is 0 Å². The van der Waals surface area contributed by atoms with Gasteiger partial charge in [0.15, 0.2) is 0 Å². The standard InChI is InChI=1S/C18H33N3/c1-5-20(6-2)15-9-14-19-16-17-10-12-18(13-11-17)21(7-3)8-4/h10-13,19H,5-9,14-16H2,1-4H3. The van der Waals surface area contributed by atoms with Crippen molar-refractivity contribution in [3.63, 3.8) is 0 Å². The van der Waals surface area contributed by atoms with E-state index in [2.05, 4.69) is 67.1 Å². The Hall–Kier alpha value is -1.06. The number of hydrogen-bond acceptors (Lipinski definition) is 3. The average Bonchev–Trinajstić information content (AvgIpc) is 2.53. The number of anilines is 1. The SMILES string of the molecule is CCN(CC)CCCNCc1ccc(N(CC)CC)cc1. The number of nitrogens with zero attached hydrogens (tertiary/aromatic N) is 2. The van der Waals surface area contributed by atoms with Crippen molar-refractivity contribution in [3.05, 3.63) is 29.8 Å². The Balaban J connectivity index is 2.27. The molecule has 0 aliphatic carbocycles. The second-order valence-electron chi connectivity index (χ2n) is 5.40. The van der Waals surface area contributed by atoms with Gasteiger partial charge in [0.25, 0.3) is 0 Å². The van der Waals surface area contributed by atoms with Gasteiger partial charge in [-0.3, -0.25) is 0 Å². The lowest BCUT2D eigenvalue weighted by atomic mass is 10.2. The quantitative estimate of drug-likeness (QED) is 0.631. The molecule has 1 aromatic rings. The van der Waals surface area contributed by atoms with Crippen LogP contribution in [0.15, 0.2) is 24.3 Å². The van der Waals surface area contributed by atoms with E-state index in [1.807, 2.05) is 0 Å². The highest BCUT2D eigenvalue weighted by Gasteiger charge is 2.01.